The van der Waals surface area contributed by atoms with E-state index in [4.69, 9.17) is 16.3 Å². The summed E-state index contributed by atoms with van der Waals surface area (Å²) in [5, 5.41) is 0.0129. The average Bonchev–Trinajstić information content (AvgIpc) is 2.82. The molecular weight excluding hydrogens is 259 g/mol. The number of rotatable bonds is 3. The Kier molecular flexibility index (Phi) is 3.62. The van der Waals surface area contributed by atoms with Crippen molar-refractivity contribution in [2.75, 3.05) is 6.61 Å². The summed E-state index contributed by atoms with van der Waals surface area (Å²) in [5.74, 6) is -0.990. The van der Waals surface area contributed by atoms with E-state index in [0.29, 0.717) is 5.69 Å². The van der Waals surface area contributed by atoms with Crippen LogP contribution in [0.15, 0.2) is 30.7 Å². The molecule has 0 saturated carbocycles. The first kappa shape index (κ1) is 12.6. The maximum atomic E-state index is 13.0. The zero-order valence-corrected chi connectivity index (χ0v) is 10.3. The van der Waals surface area contributed by atoms with E-state index >= 15 is 0 Å². The SMILES string of the molecule is CCOC(=O)c1cn(-c2ccc(F)c(Cl)c2)cn1. The molecule has 0 aliphatic heterocycles. The van der Waals surface area contributed by atoms with Gasteiger partial charge in [0.1, 0.15) is 12.1 Å². The molecule has 0 saturated heterocycles. The molecule has 0 atom stereocenters. The lowest BCUT2D eigenvalue weighted by Crippen LogP contribution is -2.04. The van der Waals surface area contributed by atoms with E-state index in [2.05, 4.69) is 4.98 Å². The first-order valence-electron chi connectivity index (χ1n) is 5.28. The van der Waals surface area contributed by atoms with Crippen molar-refractivity contribution in [2.24, 2.45) is 0 Å². The van der Waals surface area contributed by atoms with Gasteiger partial charge in [-0.3, -0.25) is 0 Å². The Morgan fingerprint density at radius 3 is 3.00 bits per heavy atom. The third kappa shape index (κ3) is 2.51. The van der Waals surface area contributed by atoms with E-state index in [9.17, 15) is 9.18 Å². The van der Waals surface area contributed by atoms with Gasteiger partial charge in [0.25, 0.3) is 0 Å². The molecule has 0 N–H and O–H groups in total. The quantitative estimate of drug-likeness (QED) is 0.804. The summed E-state index contributed by atoms with van der Waals surface area (Å²) < 4.78 is 19.4. The highest BCUT2D eigenvalue weighted by Crippen LogP contribution is 2.19. The van der Waals surface area contributed by atoms with Gasteiger partial charge in [-0.15, -0.1) is 0 Å². The van der Waals surface area contributed by atoms with Crippen LogP contribution in [0.2, 0.25) is 5.02 Å². The number of halogens is 2. The Labute approximate surface area is 108 Å². The smallest absolute Gasteiger partial charge is 0.358 e. The van der Waals surface area contributed by atoms with Crippen LogP contribution < -0.4 is 0 Å². The van der Waals surface area contributed by atoms with Gasteiger partial charge < -0.3 is 9.30 Å². The number of benzene rings is 1. The van der Waals surface area contributed by atoms with Gasteiger partial charge in [-0.25, -0.2) is 14.2 Å². The van der Waals surface area contributed by atoms with Crippen LogP contribution >= 0.6 is 11.6 Å². The Bertz CT molecular complexity index is 583. The summed E-state index contributed by atoms with van der Waals surface area (Å²) in [6.07, 6.45) is 2.94. The summed E-state index contributed by atoms with van der Waals surface area (Å²) in [6.45, 7) is 2.00. The normalized spacial score (nSPS) is 10.4. The Balaban J connectivity index is 2.29. The van der Waals surface area contributed by atoms with E-state index in [0.717, 1.165) is 0 Å². The summed E-state index contributed by atoms with van der Waals surface area (Å²) >= 11 is 5.68. The van der Waals surface area contributed by atoms with Crippen LogP contribution in [0.25, 0.3) is 5.69 Å². The number of esters is 1. The molecule has 6 heteroatoms. The summed E-state index contributed by atoms with van der Waals surface area (Å²) in [7, 11) is 0. The molecule has 0 unspecified atom stereocenters. The highest BCUT2D eigenvalue weighted by Gasteiger charge is 2.11. The maximum absolute atomic E-state index is 13.0. The molecule has 94 valence electrons. The molecule has 0 bridgehead atoms. The Morgan fingerprint density at radius 2 is 2.33 bits per heavy atom. The zero-order chi connectivity index (χ0) is 13.1. The molecule has 0 aliphatic carbocycles. The van der Waals surface area contributed by atoms with Crippen molar-refractivity contribution in [3.63, 3.8) is 0 Å². The van der Waals surface area contributed by atoms with E-state index in [1.165, 1.54) is 30.7 Å². The zero-order valence-electron chi connectivity index (χ0n) is 9.56. The fourth-order valence-corrected chi connectivity index (χ4v) is 1.59. The van der Waals surface area contributed by atoms with E-state index in [1.54, 1.807) is 11.5 Å². The first-order chi connectivity index (χ1) is 8.61. The van der Waals surface area contributed by atoms with Crippen LogP contribution in [0.1, 0.15) is 17.4 Å². The third-order valence-electron chi connectivity index (χ3n) is 2.27. The molecule has 18 heavy (non-hydrogen) atoms. The number of nitrogens with zero attached hydrogens (tertiary/aromatic N) is 2. The van der Waals surface area contributed by atoms with Gasteiger partial charge in [0.05, 0.1) is 11.6 Å². The number of aromatic nitrogens is 2. The minimum absolute atomic E-state index is 0.0129. The molecule has 2 aromatic rings. The fourth-order valence-electron chi connectivity index (χ4n) is 1.42. The second-order valence-electron chi connectivity index (χ2n) is 3.49. The van der Waals surface area contributed by atoms with Crippen molar-refractivity contribution in [1.29, 1.82) is 0 Å². The number of carbonyl (C=O) groups is 1. The van der Waals surface area contributed by atoms with Crippen LogP contribution in [0.4, 0.5) is 4.39 Å². The van der Waals surface area contributed by atoms with Crippen LogP contribution in [-0.4, -0.2) is 22.1 Å². The molecule has 0 aliphatic rings. The molecule has 0 radical (unpaired) electrons. The lowest BCUT2D eigenvalue weighted by molar-refractivity contribution is 0.0520. The van der Waals surface area contributed by atoms with Gasteiger partial charge >= 0.3 is 5.97 Å². The van der Waals surface area contributed by atoms with E-state index in [1.807, 2.05) is 0 Å². The maximum Gasteiger partial charge on any atom is 0.358 e. The molecule has 4 nitrogen and oxygen atoms in total. The van der Waals surface area contributed by atoms with Crippen molar-refractivity contribution >= 4 is 17.6 Å². The van der Waals surface area contributed by atoms with Crippen molar-refractivity contribution < 1.29 is 13.9 Å². The fraction of sp³-hybridized carbons (Fsp3) is 0.167. The monoisotopic (exact) mass is 268 g/mol. The van der Waals surface area contributed by atoms with Gasteiger partial charge in [0.2, 0.25) is 0 Å². The number of ether oxygens (including phenoxy) is 1. The molecule has 1 aromatic carbocycles. The van der Waals surface area contributed by atoms with Crippen molar-refractivity contribution in [2.45, 2.75) is 6.92 Å². The number of hydrogen-bond acceptors (Lipinski definition) is 3. The second-order valence-corrected chi connectivity index (χ2v) is 3.89. The lowest BCUT2D eigenvalue weighted by Gasteiger charge is -2.02. The van der Waals surface area contributed by atoms with Gasteiger partial charge in [-0.2, -0.15) is 0 Å². The number of hydrogen-bond donors (Lipinski definition) is 0. The topological polar surface area (TPSA) is 44.1 Å². The van der Waals surface area contributed by atoms with Crippen molar-refractivity contribution in [3.05, 3.63) is 47.3 Å². The van der Waals surface area contributed by atoms with E-state index in [-0.39, 0.29) is 17.3 Å². The van der Waals surface area contributed by atoms with Crippen molar-refractivity contribution in [1.82, 2.24) is 9.55 Å². The second kappa shape index (κ2) is 5.18. The minimum Gasteiger partial charge on any atom is -0.461 e. The minimum atomic E-state index is -0.496. The largest absolute Gasteiger partial charge is 0.461 e. The standard InChI is InChI=1S/C12H10ClFN2O2/c1-2-18-12(17)11-6-16(7-15-11)8-3-4-10(14)9(13)5-8/h3-7H,2H2,1H3. The molecule has 0 spiro atoms. The summed E-state index contributed by atoms with van der Waals surface area (Å²) in [4.78, 5) is 15.3. The molecule has 1 aromatic heterocycles. The van der Waals surface area contributed by atoms with E-state index < -0.39 is 11.8 Å². The number of carbonyl (C=O) groups excluding carboxylic acids is 1. The molecule has 0 fully saturated rings. The van der Waals surface area contributed by atoms with Gasteiger partial charge in [-0.05, 0) is 25.1 Å². The third-order valence-corrected chi connectivity index (χ3v) is 2.56. The molecule has 2 rings (SSSR count). The highest BCUT2D eigenvalue weighted by molar-refractivity contribution is 6.30. The van der Waals surface area contributed by atoms with Gasteiger partial charge in [-0.1, -0.05) is 11.6 Å². The van der Waals surface area contributed by atoms with Gasteiger partial charge in [0.15, 0.2) is 5.69 Å². The van der Waals surface area contributed by atoms with Gasteiger partial charge in [0, 0.05) is 11.9 Å². The Hall–Kier alpha value is -1.88. The summed E-state index contributed by atoms with van der Waals surface area (Å²) in [6, 6.07) is 4.24. The van der Waals surface area contributed by atoms with Crippen LogP contribution in [0, 0.1) is 5.82 Å². The average molecular weight is 269 g/mol. The van der Waals surface area contributed by atoms with Crippen LogP contribution in [-0.2, 0) is 4.74 Å². The molecule has 1 heterocycles. The predicted molar refractivity (Wildman–Crippen MR) is 64.5 cm³/mol. The summed E-state index contributed by atoms with van der Waals surface area (Å²) in [5.41, 5.74) is 0.807. The Morgan fingerprint density at radius 1 is 1.56 bits per heavy atom. The highest BCUT2D eigenvalue weighted by atomic mass is 35.5. The molecular formula is C12H10ClFN2O2. The molecule has 0 amide bonds. The first-order valence-corrected chi connectivity index (χ1v) is 5.66. The van der Waals surface area contributed by atoms with Crippen LogP contribution in [0.5, 0.6) is 0 Å². The van der Waals surface area contributed by atoms with Crippen molar-refractivity contribution in [3.8, 4) is 5.69 Å². The number of imidazole rings is 1. The lowest BCUT2D eigenvalue weighted by atomic mass is 10.3. The van der Waals surface area contributed by atoms with Crippen LogP contribution in [0.3, 0.4) is 0 Å². The predicted octanol–water partition coefficient (Wildman–Crippen LogP) is 2.84.